The molecule has 1 fully saturated rings. The third-order valence-electron chi connectivity index (χ3n) is 5.61. The first-order chi connectivity index (χ1) is 15.2. The number of nitrogens with one attached hydrogen (secondary N) is 1. The third kappa shape index (κ3) is 4.29. The quantitative estimate of drug-likeness (QED) is 0.476. The summed E-state index contributed by atoms with van der Waals surface area (Å²) in [6, 6.07) is 10.0. The number of aromatic amines is 1. The highest BCUT2D eigenvalue weighted by molar-refractivity contribution is 7.08. The van der Waals surface area contributed by atoms with Crippen LogP contribution in [0.5, 0.6) is 0 Å². The highest BCUT2D eigenvalue weighted by atomic mass is 32.1. The fourth-order valence-electron chi connectivity index (χ4n) is 4.01. The molecule has 3 aromatic heterocycles. The van der Waals surface area contributed by atoms with Gasteiger partial charge in [-0.15, -0.1) is 0 Å². The predicted molar refractivity (Wildman–Crippen MR) is 116 cm³/mol. The number of carbonyl (C=O) groups excluding carboxylic acids is 1. The van der Waals surface area contributed by atoms with E-state index in [0.29, 0.717) is 30.4 Å². The molecule has 0 radical (unpaired) electrons. The summed E-state index contributed by atoms with van der Waals surface area (Å²) in [4.78, 5) is 22.5. The molecule has 1 aliphatic heterocycles. The maximum atomic E-state index is 13.2. The van der Waals surface area contributed by atoms with E-state index in [1.54, 1.807) is 29.7 Å². The second kappa shape index (κ2) is 8.47. The number of hydrogen-bond acceptors (Lipinski definition) is 5. The van der Waals surface area contributed by atoms with Crippen LogP contribution < -0.4 is 0 Å². The smallest absolute Gasteiger partial charge is 0.270 e. The first kappa shape index (κ1) is 19.7. The molecule has 5 rings (SSSR count). The Hall–Kier alpha value is -3.26. The summed E-state index contributed by atoms with van der Waals surface area (Å²) in [5.74, 6) is 1.19. The lowest BCUT2D eigenvalue weighted by atomic mass is 9.94. The molecule has 6 nitrogen and oxygen atoms in total. The lowest BCUT2D eigenvalue weighted by Gasteiger charge is -2.31. The number of likely N-dealkylation sites (tertiary alicyclic amines) is 1. The van der Waals surface area contributed by atoms with Gasteiger partial charge in [0.25, 0.3) is 5.91 Å². The first-order valence-corrected chi connectivity index (χ1v) is 11.2. The van der Waals surface area contributed by atoms with Crippen LogP contribution in [0.1, 0.15) is 29.2 Å². The summed E-state index contributed by atoms with van der Waals surface area (Å²) in [5, 5.41) is 8.05. The van der Waals surface area contributed by atoms with Crippen molar-refractivity contribution in [3.63, 3.8) is 0 Å². The summed E-state index contributed by atoms with van der Waals surface area (Å²) in [6.45, 7) is 1.38. The molecule has 4 heterocycles. The normalized spacial score (nSPS) is 16.5. The van der Waals surface area contributed by atoms with Gasteiger partial charge >= 0.3 is 0 Å². The number of amides is 1. The Kier molecular flexibility index (Phi) is 5.38. The van der Waals surface area contributed by atoms with E-state index in [2.05, 4.69) is 15.1 Å². The number of halogens is 1. The van der Waals surface area contributed by atoms with Crippen LogP contribution in [0.25, 0.3) is 22.5 Å². The summed E-state index contributed by atoms with van der Waals surface area (Å²) in [5.41, 5.74) is 3.23. The fraction of sp³-hybridized carbons (Fsp3) is 0.261. The maximum absolute atomic E-state index is 13.2. The Labute approximate surface area is 182 Å². The first-order valence-electron chi connectivity index (χ1n) is 10.2. The van der Waals surface area contributed by atoms with Crippen LogP contribution in [0.15, 0.2) is 57.9 Å². The van der Waals surface area contributed by atoms with Gasteiger partial charge in [0, 0.05) is 36.7 Å². The van der Waals surface area contributed by atoms with Crippen LogP contribution >= 0.6 is 11.3 Å². The molecule has 8 heteroatoms. The maximum Gasteiger partial charge on any atom is 0.270 e. The van der Waals surface area contributed by atoms with Gasteiger partial charge in [0.15, 0.2) is 0 Å². The molecule has 0 bridgehead atoms. The molecule has 1 N–H and O–H groups in total. The number of benzene rings is 1. The van der Waals surface area contributed by atoms with Crippen LogP contribution in [0.2, 0.25) is 0 Å². The minimum Gasteiger partial charge on any atom is -0.357 e. The van der Waals surface area contributed by atoms with E-state index in [4.69, 9.17) is 4.52 Å². The molecule has 0 saturated carbocycles. The van der Waals surface area contributed by atoms with Crippen molar-refractivity contribution in [2.24, 2.45) is 5.92 Å². The lowest BCUT2D eigenvalue weighted by molar-refractivity contribution is 0.0663. The molecule has 1 aliphatic rings. The number of nitrogens with zero attached hydrogens (tertiary/aromatic N) is 3. The minimum atomic E-state index is -0.279. The molecule has 1 aromatic carbocycles. The highest BCUT2D eigenvalue weighted by Crippen LogP contribution is 2.25. The highest BCUT2D eigenvalue weighted by Gasteiger charge is 2.27. The van der Waals surface area contributed by atoms with Crippen molar-refractivity contribution in [1.82, 2.24) is 20.0 Å². The van der Waals surface area contributed by atoms with Gasteiger partial charge in [-0.05, 0) is 59.5 Å². The van der Waals surface area contributed by atoms with Crippen molar-refractivity contribution in [3.05, 3.63) is 70.8 Å². The van der Waals surface area contributed by atoms with E-state index in [0.717, 1.165) is 36.1 Å². The van der Waals surface area contributed by atoms with Crippen LogP contribution in [0, 0.1) is 11.7 Å². The zero-order valence-electron chi connectivity index (χ0n) is 16.8. The summed E-state index contributed by atoms with van der Waals surface area (Å²) >= 11 is 1.60. The number of aromatic nitrogens is 3. The molecule has 1 saturated heterocycles. The summed E-state index contributed by atoms with van der Waals surface area (Å²) < 4.78 is 18.6. The van der Waals surface area contributed by atoms with E-state index >= 15 is 0 Å². The van der Waals surface area contributed by atoms with E-state index in [9.17, 15) is 9.18 Å². The van der Waals surface area contributed by atoms with Crippen molar-refractivity contribution in [2.75, 3.05) is 13.1 Å². The van der Waals surface area contributed by atoms with Crippen LogP contribution in [0.4, 0.5) is 4.39 Å². The predicted octanol–water partition coefficient (Wildman–Crippen LogP) is 5.03. The van der Waals surface area contributed by atoms with Gasteiger partial charge < -0.3 is 14.4 Å². The molecule has 158 valence electrons. The van der Waals surface area contributed by atoms with E-state index in [1.807, 2.05) is 27.8 Å². The average Bonchev–Trinajstić information content (AvgIpc) is 3.55. The second-order valence-corrected chi connectivity index (χ2v) is 8.58. The molecular weight excluding hydrogens is 415 g/mol. The van der Waals surface area contributed by atoms with Gasteiger partial charge in [-0.2, -0.15) is 16.3 Å². The molecule has 1 amide bonds. The molecule has 0 spiro atoms. The number of thiophene rings is 1. The van der Waals surface area contributed by atoms with Crippen molar-refractivity contribution >= 4 is 17.2 Å². The van der Waals surface area contributed by atoms with Gasteiger partial charge in [0.05, 0.1) is 0 Å². The SMILES string of the molecule is O=C(c1cc(-c2ccc(F)cc2)c[nH]1)N1CCC[C@H](Cc2nc(-c3ccsc3)no2)C1. The van der Waals surface area contributed by atoms with E-state index in [1.165, 1.54) is 12.1 Å². The molecule has 0 unspecified atom stereocenters. The Morgan fingerprint density at radius 3 is 2.90 bits per heavy atom. The number of carbonyl (C=O) groups is 1. The van der Waals surface area contributed by atoms with Crippen LogP contribution in [0.3, 0.4) is 0 Å². The minimum absolute atomic E-state index is 0.0254. The van der Waals surface area contributed by atoms with Gasteiger partial charge in [0.2, 0.25) is 11.7 Å². The van der Waals surface area contributed by atoms with Crippen molar-refractivity contribution in [2.45, 2.75) is 19.3 Å². The summed E-state index contributed by atoms with van der Waals surface area (Å²) in [7, 11) is 0. The lowest BCUT2D eigenvalue weighted by Crippen LogP contribution is -2.40. The molecule has 0 aliphatic carbocycles. The Balaban J connectivity index is 1.24. The van der Waals surface area contributed by atoms with Gasteiger partial charge in [0.1, 0.15) is 11.5 Å². The monoisotopic (exact) mass is 436 g/mol. The Morgan fingerprint density at radius 1 is 1.23 bits per heavy atom. The topological polar surface area (TPSA) is 75.0 Å². The van der Waals surface area contributed by atoms with E-state index < -0.39 is 0 Å². The number of hydrogen-bond donors (Lipinski definition) is 1. The second-order valence-electron chi connectivity index (χ2n) is 7.80. The van der Waals surface area contributed by atoms with Crippen molar-refractivity contribution < 1.29 is 13.7 Å². The van der Waals surface area contributed by atoms with Crippen LogP contribution in [-0.2, 0) is 6.42 Å². The zero-order valence-corrected chi connectivity index (χ0v) is 17.6. The largest absolute Gasteiger partial charge is 0.357 e. The number of H-pyrrole nitrogens is 1. The molecule has 1 atom stereocenters. The summed E-state index contributed by atoms with van der Waals surface area (Å²) in [6.07, 6.45) is 4.40. The van der Waals surface area contributed by atoms with Crippen LogP contribution in [-0.4, -0.2) is 39.0 Å². The molecular formula is C23H21FN4O2S. The standard InChI is InChI=1S/C23H21FN4O2S/c24-19-5-3-16(4-6-19)18-11-20(25-12-18)23(29)28-8-1-2-15(13-28)10-21-26-22(27-30-21)17-7-9-31-14-17/h3-7,9,11-12,14-15,25H,1-2,8,10,13H2/t15-/m1/s1. The third-order valence-corrected chi connectivity index (χ3v) is 6.29. The Morgan fingerprint density at radius 2 is 2.10 bits per heavy atom. The van der Waals surface area contributed by atoms with Crippen molar-refractivity contribution in [1.29, 1.82) is 0 Å². The van der Waals surface area contributed by atoms with Gasteiger partial charge in [-0.3, -0.25) is 4.79 Å². The van der Waals surface area contributed by atoms with Gasteiger partial charge in [-0.1, -0.05) is 17.3 Å². The van der Waals surface area contributed by atoms with Crippen molar-refractivity contribution in [3.8, 4) is 22.5 Å². The molecule has 31 heavy (non-hydrogen) atoms. The Bertz CT molecular complexity index is 1170. The zero-order chi connectivity index (χ0) is 21.2. The fourth-order valence-corrected chi connectivity index (χ4v) is 4.64. The van der Waals surface area contributed by atoms with E-state index in [-0.39, 0.29) is 17.6 Å². The number of piperidine rings is 1. The number of rotatable bonds is 5. The molecule has 4 aromatic rings. The average molecular weight is 437 g/mol. The van der Waals surface area contributed by atoms with Gasteiger partial charge in [-0.25, -0.2) is 4.39 Å².